The Morgan fingerprint density at radius 2 is 1.31 bits per heavy atom. The second kappa shape index (κ2) is 13.2. The van der Waals surface area contributed by atoms with Gasteiger partial charge in [0, 0.05) is 6.42 Å². The maximum Gasteiger partial charge on any atom is 0.326 e. The summed E-state index contributed by atoms with van der Waals surface area (Å²) < 4.78 is 0. The summed E-state index contributed by atoms with van der Waals surface area (Å²) in [7, 11) is 0. The number of amides is 2. The predicted octanol–water partition coefficient (Wildman–Crippen LogP) is 0.982. The van der Waals surface area contributed by atoms with Crippen LogP contribution in [-0.4, -0.2) is 47.6 Å². The molecule has 2 rings (SSSR count). The van der Waals surface area contributed by atoms with Crippen LogP contribution < -0.4 is 22.1 Å². The summed E-state index contributed by atoms with van der Waals surface area (Å²) in [4.78, 5) is 37.3. The highest BCUT2D eigenvalue weighted by Gasteiger charge is 2.28. The van der Waals surface area contributed by atoms with Gasteiger partial charge in [0.15, 0.2) is 0 Å². The van der Waals surface area contributed by atoms with Gasteiger partial charge >= 0.3 is 5.97 Å². The number of benzene rings is 2. The molecule has 2 amide bonds. The van der Waals surface area contributed by atoms with Crippen molar-refractivity contribution in [2.75, 3.05) is 6.54 Å². The fourth-order valence-corrected chi connectivity index (χ4v) is 3.32. The van der Waals surface area contributed by atoms with E-state index in [9.17, 15) is 19.5 Å². The monoisotopic (exact) mass is 440 g/mol. The number of carbonyl (C=O) groups excluding carboxylic acids is 2. The van der Waals surface area contributed by atoms with E-state index in [1.807, 2.05) is 60.7 Å². The highest BCUT2D eigenvalue weighted by atomic mass is 16.4. The number of carbonyl (C=O) groups is 3. The summed E-state index contributed by atoms with van der Waals surface area (Å²) in [6.07, 6.45) is 2.04. The third-order valence-electron chi connectivity index (χ3n) is 5.11. The van der Waals surface area contributed by atoms with E-state index in [2.05, 4.69) is 10.6 Å². The molecule has 0 heterocycles. The van der Waals surface area contributed by atoms with Crippen LogP contribution in [0.1, 0.15) is 30.4 Å². The molecule has 2 aromatic carbocycles. The zero-order chi connectivity index (χ0) is 23.3. The molecule has 0 aromatic heterocycles. The molecular formula is C24H32N4O4. The Morgan fingerprint density at radius 3 is 1.84 bits per heavy atom. The van der Waals surface area contributed by atoms with E-state index in [1.165, 1.54) is 0 Å². The fourth-order valence-electron chi connectivity index (χ4n) is 3.32. The lowest BCUT2D eigenvalue weighted by atomic mass is 10.0. The first-order valence-electron chi connectivity index (χ1n) is 10.8. The minimum Gasteiger partial charge on any atom is -0.480 e. The van der Waals surface area contributed by atoms with Gasteiger partial charge in [-0.05, 0) is 43.4 Å². The number of hydrogen-bond acceptors (Lipinski definition) is 5. The van der Waals surface area contributed by atoms with Gasteiger partial charge in [0.1, 0.15) is 12.1 Å². The number of aliphatic carboxylic acids is 1. The van der Waals surface area contributed by atoms with Crippen molar-refractivity contribution in [3.63, 3.8) is 0 Å². The van der Waals surface area contributed by atoms with E-state index >= 15 is 0 Å². The summed E-state index contributed by atoms with van der Waals surface area (Å²) >= 11 is 0. The Morgan fingerprint density at radius 1 is 0.781 bits per heavy atom. The smallest absolute Gasteiger partial charge is 0.326 e. The number of carboxylic acid groups (broad SMARTS) is 1. The molecule has 172 valence electrons. The van der Waals surface area contributed by atoms with E-state index < -0.39 is 35.9 Å². The predicted molar refractivity (Wildman–Crippen MR) is 123 cm³/mol. The van der Waals surface area contributed by atoms with Gasteiger partial charge in [0.25, 0.3) is 0 Å². The van der Waals surface area contributed by atoms with E-state index in [0.29, 0.717) is 25.8 Å². The first-order valence-corrected chi connectivity index (χ1v) is 10.8. The van der Waals surface area contributed by atoms with E-state index in [1.54, 1.807) is 0 Å². The van der Waals surface area contributed by atoms with Crippen molar-refractivity contribution in [2.45, 2.75) is 50.2 Å². The van der Waals surface area contributed by atoms with Gasteiger partial charge in [0.2, 0.25) is 11.8 Å². The lowest BCUT2D eigenvalue weighted by Gasteiger charge is -2.23. The summed E-state index contributed by atoms with van der Waals surface area (Å²) in [5.74, 6) is -2.16. The number of nitrogens with two attached hydrogens (primary N) is 2. The second-order valence-electron chi connectivity index (χ2n) is 7.73. The molecule has 0 aliphatic carbocycles. The molecule has 0 bridgehead atoms. The first kappa shape index (κ1) is 25.0. The van der Waals surface area contributed by atoms with Crippen LogP contribution in [0.2, 0.25) is 0 Å². The molecular weight excluding hydrogens is 408 g/mol. The molecule has 2 aromatic rings. The molecule has 3 atom stereocenters. The normalized spacial score (nSPS) is 13.6. The number of nitrogens with one attached hydrogen (secondary N) is 2. The first-order chi connectivity index (χ1) is 15.4. The quantitative estimate of drug-likeness (QED) is 0.293. The Balaban J connectivity index is 2.09. The number of hydrogen-bond donors (Lipinski definition) is 5. The molecule has 32 heavy (non-hydrogen) atoms. The number of carboxylic acids is 1. The van der Waals surface area contributed by atoms with Crippen molar-refractivity contribution in [2.24, 2.45) is 11.5 Å². The van der Waals surface area contributed by atoms with Gasteiger partial charge in [-0.2, -0.15) is 0 Å². The van der Waals surface area contributed by atoms with Crippen molar-refractivity contribution in [1.82, 2.24) is 10.6 Å². The van der Waals surface area contributed by atoms with E-state index in [4.69, 9.17) is 11.5 Å². The van der Waals surface area contributed by atoms with Gasteiger partial charge in [-0.25, -0.2) is 4.79 Å². The molecule has 0 radical (unpaired) electrons. The van der Waals surface area contributed by atoms with E-state index in [-0.39, 0.29) is 12.8 Å². The van der Waals surface area contributed by atoms with Crippen LogP contribution in [0.15, 0.2) is 60.7 Å². The third-order valence-corrected chi connectivity index (χ3v) is 5.11. The maximum absolute atomic E-state index is 13.0. The number of rotatable bonds is 13. The highest BCUT2D eigenvalue weighted by molar-refractivity contribution is 5.92. The van der Waals surface area contributed by atoms with Crippen molar-refractivity contribution < 1.29 is 19.5 Å². The lowest BCUT2D eigenvalue weighted by Crippen LogP contribution is -2.55. The molecule has 0 aliphatic heterocycles. The highest BCUT2D eigenvalue weighted by Crippen LogP contribution is 2.08. The summed E-state index contributed by atoms with van der Waals surface area (Å²) in [6.45, 7) is 0.451. The second-order valence-corrected chi connectivity index (χ2v) is 7.73. The van der Waals surface area contributed by atoms with Crippen LogP contribution in [-0.2, 0) is 27.2 Å². The topological polar surface area (TPSA) is 148 Å². The van der Waals surface area contributed by atoms with Gasteiger partial charge in [-0.1, -0.05) is 60.7 Å². The Kier molecular flexibility index (Phi) is 10.4. The standard InChI is InChI=1S/C24H32N4O4/c25-14-8-7-13-20(24(31)32)27-23(30)21(16-18-11-5-2-6-12-18)28-22(29)19(26)15-17-9-3-1-4-10-17/h1-6,9-12,19-21H,7-8,13-16,25-26H2,(H,27,30)(H,28,29)(H,31,32)/t19-,20-,21-/m0/s1. The summed E-state index contributed by atoms with van der Waals surface area (Å²) in [6, 6.07) is 15.7. The van der Waals surface area contributed by atoms with Gasteiger partial charge in [-0.15, -0.1) is 0 Å². The van der Waals surface area contributed by atoms with Crippen LogP contribution in [0.25, 0.3) is 0 Å². The Labute approximate surface area is 188 Å². The van der Waals surface area contributed by atoms with E-state index in [0.717, 1.165) is 11.1 Å². The molecule has 0 saturated heterocycles. The van der Waals surface area contributed by atoms with Crippen molar-refractivity contribution in [3.05, 3.63) is 71.8 Å². The van der Waals surface area contributed by atoms with Gasteiger partial charge in [-0.3, -0.25) is 9.59 Å². The summed E-state index contributed by atoms with van der Waals surface area (Å²) in [5.41, 5.74) is 13.3. The lowest BCUT2D eigenvalue weighted by molar-refractivity contribution is -0.142. The minimum atomic E-state index is -1.12. The zero-order valence-electron chi connectivity index (χ0n) is 18.1. The third kappa shape index (κ3) is 8.49. The van der Waals surface area contributed by atoms with Crippen LogP contribution in [0.3, 0.4) is 0 Å². The van der Waals surface area contributed by atoms with Gasteiger partial charge in [0.05, 0.1) is 6.04 Å². The largest absolute Gasteiger partial charge is 0.480 e. The molecule has 0 aliphatic rings. The van der Waals surface area contributed by atoms with Crippen molar-refractivity contribution in [3.8, 4) is 0 Å². The maximum atomic E-state index is 13.0. The molecule has 0 fully saturated rings. The van der Waals surface area contributed by atoms with Crippen LogP contribution in [0.4, 0.5) is 0 Å². The fraction of sp³-hybridized carbons (Fsp3) is 0.375. The summed E-state index contributed by atoms with van der Waals surface area (Å²) in [5, 5.41) is 14.7. The average molecular weight is 441 g/mol. The van der Waals surface area contributed by atoms with Crippen molar-refractivity contribution in [1.29, 1.82) is 0 Å². The van der Waals surface area contributed by atoms with Crippen LogP contribution in [0.5, 0.6) is 0 Å². The van der Waals surface area contributed by atoms with Crippen LogP contribution >= 0.6 is 0 Å². The molecule has 0 spiro atoms. The van der Waals surface area contributed by atoms with Crippen LogP contribution in [0, 0.1) is 0 Å². The number of unbranched alkanes of at least 4 members (excludes halogenated alkanes) is 1. The molecule has 7 N–H and O–H groups in total. The van der Waals surface area contributed by atoms with Gasteiger partial charge < -0.3 is 27.2 Å². The van der Waals surface area contributed by atoms with Crippen molar-refractivity contribution >= 4 is 17.8 Å². The molecule has 8 nitrogen and oxygen atoms in total. The average Bonchev–Trinajstić information content (AvgIpc) is 2.79. The zero-order valence-corrected chi connectivity index (χ0v) is 18.1. The molecule has 0 saturated carbocycles. The Bertz CT molecular complexity index is 861. The minimum absolute atomic E-state index is 0.214. The molecule has 0 unspecified atom stereocenters. The molecule has 8 heteroatoms. The Hall–Kier alpha value is -3.23. The SMILES string of the molecule is NCCCC[C@H](NC(=O)[C@H](Cc1ccccc1)NC(=O)[C@@H](N)Cc1ccccc1)C(=O)O.